The minimum absolute atomic E-state index is 0.0142. The van der Waals surface area contributed by atoms with Crippen LogP contribution in [0.2, 0.25) is 5.02 Å². The molecule has 1 atom stereocenters. The number of benzene rings is 2. The number of hydrogen-bond donors (Lipinski definition) is 1. The molecule has 0 spiro atoms. The molecule has 0 saturated carbocycles. The fourth-order valence-corrected chi connectivity index (χ4v) is 2.29. The number of ether oxygens (including phenoxy) is 1. The molecule has 0 aromatic heterocycles. The summed E-state index contributed by atoms with van der Waals surface area (Å²) in [6, 6.07) is 8.18. The van der Waals surface area contributed by atoms with Crippen molar-refractivity contribution in [1.82, 2.24) is 0 Å². The lowest BCUT2D eigenvalue weighted by Gasteiger charge is -2.18. The Morgan fingerprint density at radius 3 is 2.52 bits per heavy atom. The first-order valence-electron chi connectivity index (χ1n) is 7.50. The summed E-state index contributed by atoms with van der Waals surface area (Å²) in [5.41, 5.74) is 0.887. The molecule has 3 nitrogen and oxygen atoms in total. The Balaban J connectivity index is 2.15. The van der Waals surface area contributed by atoms with E-state index in [4.69, 9.17) is 16.3 Å². The smallest absolute Gasteiger partial charge is 0.416 e. The zero-order valence-corrected chi connectivity index (χ0v) is 14.6. The van der Waals surface area contributed by atoms with Crippen molar-refractivity contribution in [1.29, 1.82) is 0 Å². The highest BCUT2D eigenvalue weighted by atomic mass is 35.5. The summed E-state index contributed by atoms with van der Waals surface area (Å²) in [6.45, 7) is 5.28. The Kier molecular flexibility index (Phi) is 5.62. The Hall–Kier alpha value is -2.21. The lowest BCUT2D eigenvalue weighted by atomic mass is 10.1. The molecule has 0 aliphatic rings. The fraction of sp³-hybridized carbons (Fsp3) is 0.278. The maximum atomic E-state index is 12.8. The maximum absolute atomic E-state index is 12.8. The standard InChI is InChI=1S/C18H17ClF3NO2/c1-10-5-4-6-16(11(10)2)25-12(3)17(24)23-15-9-13(18(20,21)22)7-8-14(15)19/h4-9,12H,1-3H3,(H,23,24)/t12-/m0/s1. The second kappa shape index (κ2) is 7.35. The van der Waals surface area contributed by atoms with E-state index in [-0.39, 0.29) is 10.7 Å². The first kappa shape index (κ1) is 19.1. The molecule has 2 rings (SSSR count). The summed E-state index contributed by atoms with van der Waals surface area (Å²) >= 11 is 5.88. The lowest BCUT2D eigenvalue weighted by molar-refractivity contribution is -0.137. The largest absolute Gasteiger partial charge is 0.481 e. The number of amides is 1. The highest BCUT2D eigenvalue weighted by Gasteiger charge is 2.31. The van der Waals surface area contributed by atoms with Gasteiger partial charge in [-0.25, -0.2) is 0 Å². The van der Waals surface area contributed by atoms with Crippen LogP contribution in [0.3, 0.4) is 0 Å². The zero-order chi connectivity index (χ0) is 18.8. The van der Waals surface area contributed by atoms with Crippen LogP contribution in [0.1, 0.15) is 23.6 Å². The summed E-state index contributed by atoms with van der Waals surface area (Å²) in [7, 11) is 0. The molecule has 134 valence electrons. The van der Waals surface area contributed by atoms with E-state index in [2.05, 4.69) is 5.32 Å². The molecular formula is C18H17ClF3NO2. The molecule has 0 aliphatic heterocycles. The Morgan fingerprint density at radius 1 is 1.20 bits per heavy atom. The van der Waals surface area contributed by atoms with Crippen LogP contribution in [0.4, 0.5) is 18.9 Å². The second-order valence-corrected chi connectivity index (χ2v) is 6.05. The van der Waals surface area contributed by atoms with Crippen molar-refractivity contribution in [3.05, 3.63) is 58.1 Å². The molecule has 0 aliphatic carbocycles. The lowest BCUT2D eigenvalue weighted by Crippen LogP contribution is -2.30. The van der Waals surface area contributed by atoms with Gasteiger partial charge in [-0.15, -0.1) is 0 Å². The van der Waals surface area contributed by atoms with Crippen LogP contribution < -0.4 is 10.1 Å². The summed E-state index contributed by atoms with van der Waals surface area (Å²) in [5.74, 6) is -0.0556. The van der Waals surface area contributed by atoms with E-state index in [0.29, 0.717) is 5.75 Å². The number of aryl methyl sites for hydroxylation is 1. The maximum Gasteiger partial charge on any atom is 0.416 e. The Labute approximate surface area is 148 Å². The van der Waals surface area contributed by atoms with E-state index in [0.717, 1.165) is 29.3 Å². The Morgan fingerprint density at radius 2 is 1.88 bits per heavy atom. The number of hydrogen-bond acceptors (Lipinski definition) is 2. The molecule has 0 radical (unpaired) electrons. The van der Waals surface area contributed by atoms with Crippen LogP contribution in [-0.4, -0.2) is 12.0 Å². The van der Waals surface area contributed by atoms with Gasteiger partial charge in [-0.3, -0.25) is 4.79 Å². The second-order valence-electron chi connectivity index (χ2n) is 5.64. The van der Waals surface area contributed by atoms with Crippen molar-refractivity contribution in [3.8, 4) is 5.75 Å². The predicted molar refractivity (Wildman–Crippen MR) is 91.1 cm³/mol. The van der Waals surface area contributed by atoms with E-state index in [1.807, 2.05) is 19.9 Å². The molecule has 0 bridgehead atoms. The van der Waals surface area contributed by atoms with Crippen molar-refractivity contribution in [2.24, 2.45) is 0 Å². The molecular weight excluding hydrogens is 355 g/mol. The number of carbonyl (C=O) groups is 1. The molecule has 1 N–H and O–H groups in total. The van der Waals surface area contributed by atoms with Gasteiger partial charge in [-0.05, 0) is 56.2 Å². The summed E-state index contributed by atoms with van der Waals surface area (Å²) < 4.78 is 44.0. The third kappa shape index (κ3) is 4.66. The highest BCUT2D eigenvalue weighted by molar-refractivity contribution is 6.33. The van der Waals surface area contributed by atoms with E-state index in [1.165, 1.54) is 6.92 Å². The van der Waals surface area contributed by atoms with E-state index >= 15 is 0 Å². The third-order valence-corrected chi connectivity index (χ3v) is 4.11. The van der Waals surface area contributed by atoms with Gasteiger partial charge in [0.2, 0.25) is 0 Å². The van der Waals surface area contributed by atoms with Gasteiger partial charge in [0, 0.05) is 0 Å². The number of carbonyl (C=O) groups excluding carboxylic acids is 1. The normalized spacial score (nSPS) is 12.6. The Bertz CT molecular complexity index is 790. The van der Waals surface area contributed by atoms with Gasteiger partial charge in [0.15, 0.2) is 6.10 Å². The SMILES string of the molecule is Cc1cccc(O[C@@H](C)C(=O)Nc2cc(C(F)(F)F)ccc2Cl)c1C. The van der Waals surface area contributed by atoms with Crippen molar-refractivity contribution < 1.29 is 22.7 Å². The fourth-order valence-electron chi connectivity index (χ4n) is 2.13. The average Bonchev–Trinajstić information content (AvgIpc) is 2.52. The first-order valence-corrected chi connectivity index (χ1v) is 7.88. The quantitative estimate of drug-likeness (QED) is 0.783. The highest BCUT2D eigenvalue weighted by Crippen LogP contribution is 2.34. The van der Waals surface area contributed by atoms with Gasteiger partial charge in [0.1, 0.15) is 5.75 Å². The molecule has 1 amide bonds. The summed E-state index contributed by atoms with van der Waals surface area (Å²) in [4.78, 5) is 12.3. The van der Waals surface area contributed by atoms with E-state index < -0.39 is 23.8 Å². The number of anilines is 1. The van der Waals surface area contributed by atoms with Crippen LogP contribution in [0.25, 0.3) is 0 Å². The van der Waals surface area contributed by atoms with Crippen molar-refractivity contribution in [2.75, 3.05) is 5.32 Å². The summed E-state index contributed by atoms with van der Waals surface area (Å²) in [6.07, 6.45) is -5.43. The zero-order valence-electron chi connectivity index (χ0n) is 13.9. The molecule has 25 heavy (non-hydrogen) atoms. The molecule has 0 heterocycles. The van der Waals surface area contributed by atoms with Crippen molar-refractivity contribution in [2.45, 2.75) is 33.1 Å². The minimum atomic E-state index is -4.52. The van der Waals surface area contributed by atoms with Crippen LogP contribution in [0, 0.1) is 13.8 Å². The third-order valence-electron chi connectivity index (χ3n) is 3.78. The predicted octanol–water partition coefficient (Wildman–Crippen LogP) is 5.38. The van der Waals surface area contributed by atoms with E-state index in [9.17, 15) is 18.0 Å². The van der Waals surface area contributed by atoms with Crippen LogP contribution in [0.15, 0.2) is 36.4 Å². The molecule has 0 fully saturated rings. The van der Waals surface area contributed by atoms with Crippen molar-refractivity contribution in [3.63, 3.8) is 0 Å². The molecule has 0 unspecified atom stereocenters. The van der Waals surface area contributed by atoms with Gasteiger partial charge in [0.05, 0.1) is 16.3 Å². The van der Waals surface area contributed by atoms with E-state index in [1.54, 1.807) is 12.1 Å². The first-order chi connectivity index (χ1) is 11.6. The molecule has 0 saturated heterocycles. The molecule has 7 heteroatoms. The van der Waals surface area contributed by atoms with Gasteiger partial charge in [0.25, 0.3) is 5.91 Å². The van der Waals surface area contributed by atoms with Crippen LogP contribution >= 0.6 is 11.6 Å². The topological polar surface area (TPSA) is 38.3 Å². The van der Waals surface area contributed by atoms with Gasteiger partial charge in [-0.2, -0.15) is 13.2 Å². The van der Waals surface area contributed by atoms with Crippen LogP contribution in [-0.2, 0) is 11.0 Å². The number of nitrogens with one attached hydrogen (secondary N) is 1. The van der Waals surface area contributed by atoms with Gasteiger partial charge in [-0.1, -0.05) is 23.7 Å². The number of halogens is 4. The average molecular weight is 372 g/mol. The van der Waals surface area contributed by atoms with Gasteiger partial charge >= 0.3 is 6.18 Å². The minimum Gasteiger partial charge on any atom is -0.481 e. The van der Waals surface area contributed by atoms with Crippen LogP contribution in [0.5, 0.6) is 5.75 Å². The number of alkyl halides is 3. The summed E-state index contributed by atoms with van der Waals surface area (Å²) in [5, 5.41) is 2.40. The number of rotatable bonds is 4. The van der Waals surface area contributed by atoms with Crippen molar-refractivity contribution >= 4 is 23.2 Å². The molecule has 2 aromatic carbocycles. The molecule has 2 aromatic rings. The monoisotopic (exact) mass is 371 g/mol. The van der Waals surface area contributed by atoms with Gasteiger partial charge < -0.3 is 10.1 Å².